The Morgan fingerprint density at radius 2 is 1.82 bits per heavy atom. The molecule has 4 rings (SSSR count). The second-order valence-electron chi connectivity index (χ2n) is 6.37. The van der Waals surface area contributed by atoms with Gasteiger partial charge in [0.1, 0.15) is 4.70 Å². The Morgan fingerprint density at radius 1 is 1.14 bits per heavy atom. The van der Waals surface area contributed by atoms with E-state index in [-0.39, 0.29) is 5.56 Å². The molecule has 0 fully saturated rings. The Kier molecular flexibility index (Phi) is 5.42. The van der Waals surface area contributed by atoms with Gasteiger partial charge in [-0.2, -0.15) is 0 Å². The SMILES string of the molecule is Cc1ccc(-n2c(=S)sc3c(=O)n(C)c(SCc4ccc(Cl)cc4)nc32)cc1. The van der Waals surface area contributed by atoms with E-state index in [1.807, 2.05) is 60.0 Å². The summed E-state index contributed by atoms with van der Waals surface area (Å²) in [5, 5.41) is 1.36. The van der Waals surface area contributed by atoms with Crippen LogP contribution in [0.4, 0.5) is 0 Å². The molecular formula is C20H16ClN3OS3. The first-order valence-electron chi connectivity index (χ1n) is 8.51. The van der Waals surface area contributed by atoms with Crippen LogP contribution in [0, 0.1) is 10.9 Å². The van der Waals surface area contributed by atoms with Crippen LogP contribution < -0.4 is 5.56 Å². The molecule has 2 heterocycles. The Hall–Kier alpha value is -1.93. The van der Waals surface area contributed by atoms with Crippen molar-refractivity contribution in [2.45, 2.75) is 17.8 Å². The van der Waals surface area contributed by atoms with Crippen LogP contribution >= 0.6 is 46.9 Å². The summed E-state index contributed by atoms with van der Waals surface area (Å²) in [5.74, 6) is 0.693. The number of hydrogen-bond acceptors (Lipinski definition) is 5. The minimum atomic E-state index is -0.0782. The van der Waals surface area contributed by atoms with Gasteiger partial charge >= 0.3 is 0 Å². The Bertz CT molecular complexity index is 1270. The van der Waals surface area contributed by atoms with Gasteiger partial charge in [0.25, 0.3) is 5.56 Å². The van der Waals surface area contributed by atoms with Crippen LogP contribution in [0.5, 0.6) is 0 Å². The summed E-state index contributed by atoms with van der Waals surface area (Å²) in [7, 11) is 1.75. The third-order valence-electron chi connectivity index (χ3n) is 4.35. The summed E-state index contributed by atoms with van der Waals surface area (Å²) in [5.41, 5.74) is 3.73. The normalized spacial score (nSPS) is 11.2. The van der Waals surface area contributed by atoms with Crippen molar-refractivity contribution in [1.29, 1.82) is 0 Å². The number of thiazole rings is 1. The smallest absolute Gasteiger partial charge is 0.273 e. The zero-order valence-corrected chi connectivity index (χ0v) is 18.4. The maximum absolute atomic E-state index is 12.9. The van der Waals surface area contributed by atoms with Crippen molar-refractivity contribution in [3.63, 3.8) is 0 Å². The van der Waals surface area contributed by atoms with Gasteiger partial charge in [0.05, 0.1) is 0 Å². The van der Waals surface area contributed by atoms with Gasteiger partial charge in [-0.3, -0.25) is 13.9 Å². The molecule has 0 amide bonds. The van der Waals surface area contributed by atoms with Crippen molar-refractivity contribution in [3.05, 3.63) is 79.0 Å². The third kappa shape index (κ3) is 3.67. The molecule has 2 aromatic heterocycles. The fourth-order valence-corrected chi connectivity index (χ4v) is 5.18. The zero-order chi connectivity index (χ0) is 19.8. The van der Waals surface area contributed by atoms with Gasteiger partial charge in [0, 0.05) is 23.5 Å². The first-order valence-corrected chi connectivity index (χ1v) is 11.1. The molecule has 142 valence electrons. The quantitative estimate of drug-likeness (QED) is 0.227. The van der Waals surface area contributed by atoms with Gasteiger partial charge in [-0.05, 0) is 49.0 Å². The van der Waals surface area contributed by atoms with Crippen LogP contribution in [0.1, 0.15) is 11.1 Å². The number of fused-ring (bicyclic) bond motifs is 1. The molecule has 0 saturated heterocycles. The van der Waals surface area contributed by atoms with E-state index >= 15 is 0 Å². The summed E-state index contributed by atoms with van der Waals surface area (Å²) < 4.78 is 4.66. The number of aromatic nitrogens is 3. The first-order chi connectivity index (χ1) is 13.4. The standard InChI is InChI=1S/C20H16ClN3OS3/c1-12-3-9-15(10-4-12)24-17-16(28-20(24)26)18(25)23(2)19(22-17)27-11-13-5-7-14(21)8-6-13/h3-10H,11H2,1-2H3. The van der Waals surface area contributed by atoms with Crippen LogP contribution in [-0.2, 0) is 12.8 Å². The van der Waals surface area contributed by atoms with E-state index in [0.717, 1.165) is 16.8 Å². The van der Waals surface area contributed by atoms with Gasteiger partial charge in [0.15, 0.2) is 14.8 Å². The average molecular weight is 446 g/mol. The van der Waals surface area contributed by atoms with E-state index in [2.05, 4.69) is 0 Å². The lowest BCUT2D eigenvalue weighted by Crippen LogP contribution is -2.19. The molecule has 0 aliphatic carbocycles. The largest absolute Gasteiger partial charge is 0.289 e. The summed E-state index contributed by atoms with van der Waals surface area (Å²) in [4.78, 5) is 17.7. The monoisotopic (exact) mass is 445 g/mol. The van der Waals surface area contributed by atoms with Crippen LogP contribution in [0.3, 0.4) is 0 Å². The molecule has 0 unspecified atom stereocenters. The predicted molar refractivity (Wildman–Crippen MR) is 121 cm³/mol. The molecule has 0 atom stereocenters. The number of rotatable bonds is 4. The maximum atomic E-state index is 12.9. The molecule has 0 N–H and O–H groups in total. The highest BCUT2D eigenvalue weighted by atomic mass is 35.5. The molecular weight excluding hydrogens is 430 g/mol. The summed E-state index contributed by atoms with van der Waals surface area (Å²) in [6, 6.07) is 15.7. The molecule has 8 heteroatoms. The summed E-state index contributed by atoms with van der Waals surface area (Å²) in [6.45, 7) is 2.04. The van der Waals surface area contributed by atoms with E-state index in [0.29, 0.717) is 30.2 Å². The maximum Gasteiger partial charge on any atom is 0.273 e. The van der Waals surface area contributed by atoms with Crippen LogP contribution in [-0.4, -0.2) is 14.1 Å². The van der Waals surface area contributed by atoms with Crippen molar-refractivity contribution in [1.82, 2.24) is 14.1 Å². The van der Waals surface area contributed by atoms with E-state index in [9.17, 15) is 4.79 Å². The van der Waals surface area contributed by atoms with E-state index in [4.69, 9.17) is 28.8 Å². The van der Waals surface area contributed by atoms with Crippen LogP contribution in [0.2, 0.25) is 5.02 Å². The van der Waals surface area contributed by atoms with E-state index in [1.165, 1.54) is 23.1 Å². The lowest BCUT2D eigenvalue weighted by molar-refractivity contribution is 0.722. The van der Waals surface area contributed by atoms with Crippen molar-refractivity contribution >= 4 is 57.3 Å². The van der Waals surface area contributed by atoms with Crippen LogP contribution in [0.25, 0.3) is 16.0 Å². The van der Waals surface area contributed by atoms with Crippen molar-refractivity contribution in [2.24, 2.45) is 7.05 Å². The van der Waals surface area contributed by atoms with Crippen LogP contribution in [0.15, 0.2) is 58.5 Å². The number of benzene rings is 2. The number of aryl methyl sites for hydroxylation is 1. The summed E-state index contributed by atoms with van der Waals surface area (Å²) in [6.07, 6.45) is 0. The van der Waals surface area contributed by atoms with Gasteiger partial charge in [-0.1, -0.05) is 64.5 Å². The zero-order valence-electron chi connectivity index (χ0n) is 15.2. The van der Waals surface area contributed by atoms with Gasteiger partial charge in [0.2, 0.25) is 0 Å². The fourth-order valence-electron chi connectivity index (χ4n) is 2.79. The van der Waals surface area contributed by atoms with Crippen molar-refractivity contribution in [3.8, 4) is 5.69 Å². The minimum Gasteiger partial charge on any atom is -0.289 e. The second-order valence-corrected chi connectivity index (χ2v) is 9.39. The summed E-state index contributed by atoms with van der Waals surface area (Å²) >= 11 is 14.3. The number of thioether (sulfide) groups is 1. The predicted octanol–water partition coefficient (Wildman–Crippen LogP) is 5.77. The third-order valence-corrected chi connectivity index (χ3v) is 7.05. The molecule has 0 aliphatic rings. The molecule has 0 bridgehead atoms. The van der Waals surface area contributed by atoms with E-state index in [1.54, 1.807) is 11.6 Å². The van der Waals surface area contributed by atoms with Crippen molar-refractivity contribution in [2.75, 3.05) is 0 Å². The lowest BCUT2D eigenvalue weighted by Gasteiger charge is -2.09. The van der Waals surface area contributed by atoms with E-state index < -0.39 is 0 Å². The highest BCUT2D eigenvalue weighted by Gasteiger charge is 2.16. The Labute approximate surface area is 180 Å². The molecule has 0 aliphatic heterocycles. The highest BCUT2D eigenvalue weighted by Crippen LogP contribution is 2.27. The molecule has 4 aromatic rings. The highest BCUT2D eigenvalue weighted by molar-refractivity contribution is 7.98. The Balaban J connectivity index is 1.79. The second kappa shape index (κ2) is 7.83. The lowest BCUT2D eigenvalue weighted by atomic mass is 10.2. The van der Waals surface area contributed by atoms with Crippen molar-refractivity contribution < 1.29 is 0 Å². The average Bonchev–Trinajstić information content (AvgIpc) is 3.02. The fraction of sp³-hybridized carbons (Fsp3) is 0.150. The number of nitrogens with zero attached hydrogens (tertiary/aromatic N) is 3. The molecule has 0 radical (unpaired) electrons. The van der Waals surface area contributed by atoms with Gasteiger partial charge < -0.3 is 0 Å². The minimum absolute atomic E-state index is 0.0782. The molecule has 28 heavy (non-hydrogen) atoms. The first kappa shape index (κ1) is 19.4. The number of halogens is 1. The Morgan fingerprint density at radius 3 is 2.50 bits per heavy atom. The molecule has 4 nitrogen and oxygen atoms in total. The molecule has 2 aromatic carbocycles. The van der Waals surface area contributed by atoms with Gasteiger partial charge in [-0.15, -0.1) is 0 Å². The van der Waals surface area contributed by atoms with Gasteiger partial charge in [-0.25, -0.2) is 4.98 Å². The molecule has 0 saturated carbocycles. The molecule has 0 spiro atoms. The number of hydrogen-bond donors (Lipinski definition) is 0. The topological polar surface area (TPSA) is 39.8 Å².